The summed E-state index contributed by atoms with van der Waals surface area (Å²) in [4.78, 5) is 20.1. The lowest BCUT2D eigenvalue weighted by atomic mass is 9.98. The SMILES string of the molecule is Cc1nc(-c2ccccc2)sc1[C@H](C)NC(=O)N1CCC(CO)CC1. The van der Waals surface area contributed by atoms with Crippen molar-refractivity contribution in [2.45, 2.75) is 32.7 Å². The van der Waals surface area contributed by atoms with Gasteiger partial charge in [0.05, 0.1) is 16.6 Å². The van der Waals surface area contributed by atoms with E-state index in [1.54, 1.807) is 11.3 Å². The van der Waals surface area contributed by atoms with Gasteiger partial charge >= 0.3 is 6.03 Å². The number of carbonyl (C=O) groups excluding carboxylic acids is 1. The lowest BCUT2D eigenvalue weighted by Gasteiger charge is -2.32. The van der Waals surface area contributed by atoms with Crippen LogP contribution in [-0.4, -0.2) is 40.7 Å². The van der Waals surface area contributed by atoms with Gasteiger partial charge in [-0.2, -0.15) is 0 Å². The summed E-state index contributed by atoms with van der Waals surface area (Å²) in [7, 11) is 0. The van der Waals surface area contributed by atoms with Gasteiger partial charge in [-0.3, -0.25) is 0 Å². The van der Waals surface area contributed by atoms with E-state index in [2.05, 4.69) is 22.4 Å². The number of benzene rings is 1. The second-order valence-electron chi connectivity index (χ2n) is 6.62. The highest BCUT2D eigenvalue weighted by molar-refractivity contribution is 7.15. The zero-order valence-corrected chi connectivity index (χ0v) is 15.6. The standard InChI is InChI=1S/C19H25N3O2S/c1-13-17(25-18(20-13)16-6-4-3-5-7-16)14(2)21-19(24)22-10-8-15(12-23)9-11-22/h3-7,14-15,23H,8-12H2,1-2H3,(H,21,24)/t14-/m0/s1. The van der Waals surface area contributed by atoms with E-state index in [0.717, 1.165) is 34.0 Å². The molecule has 0 spiro atoms. The highest BCUT2D eigenvalue weighted by Gasteiger charge is 2.24. The van der Waals surface area contributed by atoms with Crippen LogP contribution in [0.5, 0.6) is 0 Å². The molecule has 0 aliphatic carbocycles. The molecule has 1 aliphatic rings. The molecule has 2 aromatic rings. The third kappa shape index (κ3) is 4.19. The van der Waals surface area contributed by atoms with E-state index in [0.29, 0.717) is 19.0 Å². The zero-order valence-electron chi connectivity index (χ0n) is 14.7. The number of nitrogens with zero attached hydrogens (tertiary/aromatic N) is 2. The quantitative estimate of drug-likeness (QED) is 0.877. The Morgan fingerprint density at radius 2 is 2.04 bits per heavy atom. The van der Waals surface area contributed by atoms with Crippen LogP contribution < -0.4 is 5.32 Å². The number of aliphatic hydroxyl groups is 1. The predicted octanol–water partition coefficient (Wildman–Crippen LogP) is 3.59. The molecule has 1 saturated heterocycles. The minimum atomic E-state index is -0.0713. The Bertz CT molecular complexity index is 709. The number of piperidine rings is 1. The number of amides is 2. The number of carbonyl (C=O) groups is 1. The number of hydrogen-bond acceptors (Lipinski definition) is 4. The van der Waals surface area contributed by atoms with Crippen molar-refractivity contribution in [2.75, 3.05) is 19.7 Å². The van der Waals surface area contributed by atoms with E-state index in [1.165, 1.54) is 0 Å². The fourth-order valence-electron chi connectivity index (χ4n) is 3.17. The van der Waals surface area contributed by atoms with Crippen molar-refractivity contribution in [1.29, 1.82) is 0 Å². The summed E-state index contributed by atoms with van der Waals surface area (Å²) in [5.41, 5.74) is 2.07. The lowest BCUT2D eigenvalue weighted by Crippen LogP contribution is -2.45. The summed E-state index contributed by atoms with van der Waals surface area (Å²) >= 11 is 1.64. The molecule has 25 heavy (non-hydrogen) atoms. The van der Waals surface area contributed by atoms with E-state index < -0.39 is 0 Å². The predicted molar refractivity (Wildman–Crippen MR) is 101 cm³/mol. The Morgan fingerprint density at radius 1 is 1.36 bits per heavy atom. The number of urea groups is 1. The minimum Gasteiger partial charge on any atom is -0.396 e. The molecule has 5 nitrogen and oxygen atoms in total. The average Bonchev–Trinajstić information content (AvgIpc) is 3.04. The molecule has 3 rings (SSSR count). The Hall–Kier alpha value is -1.92. The highest BCUT2D eigenvalue weighted by atomic mass is 32.1. The van der Waals surface area contributed by atoms with Crippen LogP contribution in [0.4, 0.5) is 4.79 Å². The third-order valence-electron chi connectivity index (χ3n) is 4.75. The first-order valence-electron chi connectivity index (χ1n) is 8.77. The van der Waals surface area contributed by atoms with Gasteiger partial charge in [-0.05, 0) is 32.6 Å². The molecule has 2 N–H and O–H groups in total. The van der Waals surface area contributed by atoms with Crippen molar-refractivity contribution in [3.05, 3.63) is 40.9 Å². The van der Waals surface area contributed by atoms with E-state index in [1.807, 2.05) is 36.9 Å². The van der Waals surface area contributed by atoms with Crippen LogP contribution in [0.3, 0.4) is 0 Å². The van der Waals surface area contributed by atoms with Crippen LogP contribution in [-0.2, 0) is 0 Å². The van der Waals surface area contributed by atoms with Gasteiger partial charge < -0.3 is 15.3 Å². The van der Waals surface area contributed by atoms with Crippen LogP contribution in [0.2, 0.25) is 0 Å². The fourth-order valence-corrected chi connectivity index (χ4v) is 4.25. The molecule has 0 unspecified atom stereocenters. The highest BCUT2D eigenvalue weighted by Crippen LogP contribution is 2.31. The molecule has 1 fully saturated rings. The third-order valence-corrected chi connectivity index (χ3v) is 6.14. The summed E-state index contributed by atoms with van der Waals surface area (Å²) < 4.78 is 0. The molecule has 0 saturated carbocycles. The number of aromatic nitrogens is 1. The van der Waals surface area contributed by atoms with Crippen molar-refractivity contribution < 1.29 is 9.90 Å². The molecule has 2 amide bonds. The van der Waals surface area contributed by atoms with Crippen molar-refractivity contribution in [3.63, 3.8) is 0 Å². The van der Waals surface area contributed by atoms with Gasteiger partial charge in [0.25, 0.3) is 0 Å². The van der Waals surface area contributed by atoms with Crippen molar-refractivity contribution in [2.24, 2.45) is 5.92 Å². The maximum absolute atomic E-state index is 12.5. The van der Waals surface area contributed by atoms with E-state index in [4.69, 9.17) is 0 Å². The minimum absolute atomic E-state index is 0.0297. The summed E-state index contributed by atoms with van der Waals surface area (Å²) in [6, 6.07) is 10.0. The molecule has 2 heterocycles. The monoisotopic (exact) mass is 359 g/mol. The first-order valence-corrected chi connectivity index (χ1v) is 9.59. The molecule has 1 aromatic carbocycles. The van der Waals surface area contributed by atoms with Gasteiger partial charge in [-0.25, -0.2) is 9.78 Å². The molecule has 1 aliphatic heterocycles. The Balaban J connectivity index is 1.64. The van der Waals surface area contributed by atoms with Crippen LogP contribution in [0.15, 0.2) is 30.3 Å². The normalized spacial score (nSPS) is 16.7. The van der Waals surface area contributed by atoms with Crippen molar-refractivity contribution in [1.82, 2.24) is 15.2 Å². The number of likely N-dealkylation sites (tertiary alicyclic amines) is 1. The van der Waals surface area contributed by atoms with Gasteiger partial charge in [0, 0.05) is 25.3 Å². The maximum Gasteiger partial charge on any atom is 0.317 e. The Kier molecular flexibility index (Phi) is 5.71. The van der Waals surface area contributed by atoms with Gasteiger partial charge in [0.15, 0.2) is 0 Å². The molecule has 1 atom stereocenters. The number of thiazole rings is 1. The van der Waals surface area contributed by atoms with Crippen molar-refractivity contribution in [3.8, 4) is 10.6 Å². The maximum atomic E-state index is 12.5. The summed E-state index contributed by atoms with van der Waals surface area (Å²) in [6.07, 6.45) is 1.74. The first kappa shape index (κ1) is 17.9. The van der Waals surface area contributed by atoms with Gasteiger partial charge in [0.2, 0.25) is 0 Å². The summed E-state index contributed by atoms with van der Waals surface area (Å²) in [6.45, 7) is 5.64. The number of rotatable bonds is 4. The molecule has 0 bridgehead atoms. The molecule has 0 radical (unpaired) electrons. The van der Waals surface area contributed by atoms with E-state index in [-0.39, 0.29) is 18.7 Å². The molecular weight excluding hydrogens is 334 g/mol. The second-order valence-corrected chi connectivity index (χ2v) is 7.65. The molecular formula is C19H25N3O2S. The number of hydrogen-bond donors (Lipinski definition) is 2. The molecule has 1 aromatic heterocycles. The zero-order chi connectivity index (χ0) is 17.8. The van der Waals surface area contributed by atoms with E-state index in [9.17, 15) is 9.90 Å². The summed E-state index contributed by atoms with van der Waals surface area (Å²) in [5.74, 6) is 0.332. The fraction of sp³-hybridized carbons (Fsp3) is 0.474. The smallest absolute Gasteiger partial charge is 0.317 e. The largest absolute Gasteiger partial charge is 0.396 e. The van der Waals surface area contributed by atoms with Gasteiger partial charge in [-0.15, -0.1) is 11.3 Å². The van der Waals surface area contributed by atoms with Crippen LogP contribution in [0, 0.1) is 12.8 Å². The van der Waals surface area contributed by atoms with Crippen LogP contribution in [0.25, 0.3) is 10.6 Å². The Morgan fingerprint density at radius 3 is 2.68 bits per heavy atom. The van der Waals surface area contributed by atoms with Crippen LogP contribution in [0.1, 0.15) is 36.4 Å². The summed E-state index contributed by atoms with van der Waals surface area (Å²) in [5, 5.41) is 13.3. The lowest BCUT2D eigenvalue weighted by molar-refractivity contribution is 0.136. The molecule has 134 valence electrons. The number of aryl methyl sites for hydroxylation is 1. The average molecular weight is 359 g/mol. The number of nitrogens with one attached hydrogen (secondary N) is 1. The topological polar surface area (TPSA) is 65.5 Å². The van der Waals surface area contributed by atoms with E-state index >= 15 is 0 Å². The van der Waals surface area contributed by atoms with Gasteiger partial charge in [-0.1, -0.05) is 30.3 Å². The molecule has 6 heteroatoms. The second kappa shape index (κ2) is 7.97. The van der Waals surface area contributed by atoms with Crippen molar-refractivity contribution >= 4 is 17.4 Å². The Labute approximate surface area is 152 Å². The van der Waals surface area contributed by atoms with Gasteiger partial charge in [0.1, 0.15) is 5.01 Å². The number of aliphatic hydroxyl groups excluding tert-OH is 1. The first-order chi connectivity index (χ1) is 12.1. The van der Waals surface area contributed by atoms with Crippen LogP contribution >= 0.6 is 11.3 Å².